The number of benzene rings is 1. The summed E-state index contributed by atoms with van der Waals surface area (Å²) in [5.74, 6) is -0.721. The zero-order chi connectivity index (χ0) is 13.3. The van der Waals surface area contributed by atoms with Gasteiger partial charge in [-0.3, -0.25) is 0 Å². The number of nitrogens with two attached hydrogens (primary N) is 1. The van der Waals surface area contributed by atoms with E-state index in [9.17, 15) is 12.8 Å². The van der Waals surface area contributed by atoms with Crippen molar-refractivity contribution in [3.63, 3.8) is 0 Å². The van der Waals surface area contributed by atoms with Crippen LogP contribution in [0.2, 0.25) is 0 Å². The molecule has 0 aliphatic carbocycles. The lowest BCUT2D eigenvalue weighted by molar-refractivity contribution is 0.407. The molecule has 18 heavy (non-hydrogen) atoms. The van der Waals surface area contributed by atoms with Crippen LogP contribution >= 0.6 is 0 Å². The second kappa shape index (κ2) is 4.83. The predicted molar refractivity (Wildman–Crippen MR) is 67.0 cm³/mol. The van der Waals surface area contributed by atoms with Crippen molar-refractivity contribution in [2.45, 2.75) is 17.4 Å². The number of nitrogens with zero attached hydrogens (tertiary/aromatic N) is 1. The molecule has 1 unspecified atom stereocenters. The molecule has 0 amide bonds. The van der Waals surface area contributed by atoms with E-state index in [1.54, 1.807) is 0 Å². The zero-order valence-electron chi connectivity index (χ0n) is 10.1. The van der Waals surface area contributed by atoms with Crippen molar-refractivity contribution in [1.29, 1.82) is 0 Å². The second-order valence-corrected chi connectivity index (χ2v) is 6.20. The molecule has 1 aromatic carbocycles. The molecule has 1 atom stereocenters. The number of sulfonamides is 1. The fourth-order valence-electron chi connectivity index (χ4n) is 2.07. The van der Waals surface area contributed by atoms with Crippen molar-refractivity contribution in [1.82, 2.24) is 9.62 Å². The average Bonchev–Trinajstić information content (AvgIpc) is 2.67. The minimum atomic E-state index is -3.76. The van der Waals surface area contributed by atoms with Crippen molar-refractivity contribution in [2.75, 3.05) is 25.9 Å². The SMILES string of the molecule is CN1CCC(NS(=O)(=O)c2cccc(F)c2N)C1. The Bertz CT molecular complexity index is 547. The fourth-order valence-corrected chi connectivity index (χ4v) is 3.47. The maximum absolute atomic E-state index is 13.3. The Kier molecular flexibility index (Phi) is 3.56. The van der Waals surface area contributed by atoms with Gasteiger partial charge in [0.2, 0.25) is 10.0 Å². The molecule has 3 N–H and O–H groups in total. The van der Waals surface area contributed by atoms with Crippen molar-refractivity contribution in [3.05, 3.63) is 24.0 Å². The van der Waals surface area contributed by atoms with E-state index in [-0.39, 0.29) is 16.6 Å². The largest absolute Gasteiger partial charge is 0.395 e. The molecule has 100 valence electrons. The molecule has 1 saturated heterocycles. The van der Waals surface area contributed by atoms with Gasteiger partial charge in [0.1, 0.15) is 10.7 Å². The molecule has 0 spiro atoms. The Labute approximate surface area is 106 Å². The lowest BCUT2D eigenvalue weighted by Gasteiger charge is -2.14. The van der Waals surface area contributed by atoms with E-state index in [1.165, 1.54) is 12.1 Å². The van der Waals surface area contributed by atoms with Crippen LogP contribution in [0.1, 0.15) is 6.42 Å². The number of nitrogen functional groups attached to an aromatic ring is 1. The maximum Gasteiger partial charge on any atom is 0.243 e. The number of likely N-dealkylation sites (N-methyl/N-ethyl adjacent to an activating group) is 1. The molecule has 2 rings (SSSR count). The molecule has 1 aliphatic rings. The molecule has 1 aliphatic heterocycles. The average molecular weight is 273 g/mol. The number of hydrogen-bond donors (Lipinski definition) is 2. The van der Waals surface area contributed by atoms with Crippen LogP contribution < -0.4 is 10.5 Å². The number of para-hydroxylation sites is 1. The van der Waals surface area contributed by atoms with Crippen LogP contribution in [-0.4, -0.2) is 39.5 Å². The molecule has 1 fully saturated rings. The molecule has 5 nitrogen and oxygen atoms in total. The van der Waals surface area contributed by atoms with Crippen molar-refractivity contribution < 1.29 is 12.8 Å². The van der Waals surface area contributed by atoms with Gasteiger partial charge in [-0.15, -0.1) is 0 Å². The summed E-state index contributed by atoms with van der Waals surface area (Å²) in [6.07, 6.45) is 0.741. The van der Waals surface area contributed by atoms with Gasteiger partial charge in [0, 0.05) is 12.6 Å². The van der Waals surface area contributed by atoms with Crippen molar-refractivity contribution >= 4 is 15.7 Å². The minimum absolute atomic E-state index is 0.150. The van der Waals surface area contributed by atoms with Crippen LogP contribution in [0.3, 0.4) is 0 Å². The Hall–Kier alpha value is -1.18. The first-order chi connectivity index (χ1) is 8.40. The van der Waals surface area contributed by atoms with Gasteiger partial charge in [0.05, 0.1) is 5.69 Å². The topological polar surface area (TPSA) is 75.4 Å². The van der Waals surface area contributed by atoms with E-state index >= 15 is 0 Å². The van der Waals surface area contributed by atoms with Gasteiger partial charge < -0.3 is 10.6 Å². The van der Waals surface area contributed by atoms with Gasteiger partial charge >= 0.3 is 0 Å². The summed E-state index contributed by atoms with van der Waals surface area (Å²) in [7, 11) is -1.84. The van der Waals surface area contributed by atoms with Gasteiger partial charge in [0.15, 0.2) is 0 Å². The summed E-state index contributed by atoms with van der Waals surface area (Å²) >= 11 is 0. The molecule has 7 heteroatoms. The predicted octanol–water partition coefficient (Wildman–Crippen LogP) is 0.390. The quantitative estimate of drug-likeness (QED) is 0.781. The maximum atomic E-state index is 13.3. The summed E-state index contributed by atoms with van der Waals surface area (Å²) < 4.78 is 40.0. The molecule has 1 aromatic rings. The van der Waals surface area contributed by atoms with Gasteiger partial charge in [-0.1, -0.05) is 6.07 Å². The van der Waals surface area contributed by atoms with E-state index in [2.05, 4.69) is 4.72 Å². The first-order valence-electron chi connectivity index (χ1n) is 5.65. The first-order valence-corrected chi connectivity index (χ1v) is 7.13. The van der Waals surface area contributed by atoms with Gasteiger partial charge in [0.25, 0.3) is 0 Å². The summed E-state index contributed by atoms with van der Waals surface area (Å²) in [6.45, 7) is 1.49. The van der Waals surface area contributed by atoms with Crippen molar-refractivity contribution in [2.24, 2.45) is 0 Å². The van der Waals surface area contributed by atoms with E-state index in [0.717, 1.165) is 19.0 Å². The molecule has 0 saturated carbocycles. The normalized spacial score (nSPS) is 21.3. The smallest absolute Gasteiger partial charge is 0.243 e. The highest BCUT2D eigenvalue weighted by Crippen LogP contribution is 2.22. The molecule has 0 aromatic heterocycles. The summed E-state index contributed by atoms with van der Waals surface area (Å²) in [4.78, 5) is 1.83. The molecule has 1 heterocycles. The highest BCUT2D eigenvalue weighted by Gasteiger charge is 2.27. The van der Waals surface area contributed by atoms with Crippen LogP contribution in [0.25, 0.3) is 0 Å². The lowest BCUT2D eigenvalue weighted by Crippen LogP contribution is -2.36. The number of halogens is 1. The second-order valence-electron chi connectivity index (χ2n) is 4.52. The fraction of sp³-hybridized carbons (Fsp3) is 0.455. The highest BCUT2D eigenvalue weighted by atomic mass is 32.2. The highest BCUT2D eigenvalue weighted by molar-refractivity contribution is 7.89. The standard InChI is InChI=1S/C11H16FN3O2S/c1-15-6-5-8(7-15)14-18(16,17)10-4-2-3-9(12)11(10)13/h2-4,8,14H,5-7,13H2,1H3. The Morgan fingerprint density at radius 3 is 2.83 bits per heavy atom. The van der Waals surface area contributed by atoms with Crippen molar-refractivity contribution in [3.8, 4) is 0 Å². The number of rotatable bonds is 3. The van der Waals surface area contributed by atoms with Crippen LogP contribution in [0.15, 0.2) is 23.1 Å². The van der Waals surface area contributed by atoms with Crippen LogP contribution in [-0.2, 0) is 10.0 Å². The van der Waals surface area contributed by atoms with Crippen LogP contribution in [0, 0.1) is 5.82 Å². The van der Waals surface area contributed by atoms with E-state index < -0.39 is 15.8 Å². The molecule has 0 radical (unpaired) electrons. The Balaban J connectivity index is 2.23. The van der Waals surface area contributed by atoms with Gasteiger partial charge in [-0.25, -0.2) is 17.5 Å². The molecule has 0 bridgehead atoms. The zero-order valence-corrected chi connectivity index (χ0v) is 10.9. The minimum Gasteiger partial charge on any atom is -0.395 e. The third-order valence-electron chi connectivity index (χ3n) is 3.02. The van der Waals surface area contributed by atoms with E-state index in [1.807, 2.05) is 11.9 Å². The number of anilines is 1. The monoisotopic (exact) mass is 273 g/mol. The van der Waals surface area contributed by atoms with E-state index in [0.29, 0.717) is 6.54 Å². The third-order valence-corrected chi connectivity index (χ3v) is 4.59. The third kappa shape index (κ3) is 2.63. The number of likely N-dealkylation sites (tertiary alicyclic amines) is 1. The van der Waals surface area contributed by atoms with Gasteiger partial charge in [-0.2, -0.15) is 0 Å². The summed E-state index contributed by atoms with van der Waals surface area (Å²) in [6, 6.07) is 3.63. The number of hydrogen-bond acceptors (Lipinski definition) is 4. The molecular formula is C11H16FN3O2S. The number of nitrogens with one attached hydrogen (secondary N) is 1. The first kappa shape index (κ1) is 13.3. The Morgan fingerprint density at radius 2 is 2.22 bits per heavy atom. The Morgan fingerprint density at radius 1 is 1.50 bits per heavy atom. The lowest BCUT2D eigenvalue weighted by atomic mass is 10.3. The van der Waals surface area contributed by atoms with E-state index in [4.69, 9.17) is 5.73 Å². The van der Waals surface area contributed by atoms with Crippen LogP contribution in [0.4, 0.5) is 10.1 Å². The van der Waals surface area contributed by atoms with Gasteiger partial charge in [-0.05, 0) is 32.1 Å². The van der Waals surface area contributed by atoms with Crippen LogP contribution in [0.5, 0.6) is 0 Å². The summed E-state index contributed by atoms with van der Waals surface area (Å²) in [5, 5.41) is 0. The summed E-state index contributed by atoms with van der Waals surface area (Å²) in [5.41, 5.74) is 5.13. The molecular weight excluding hydrogens is 257 g/mol.